The van der Waals surface area contributed by atoms with E-state index in [0.29, 0.717) is 0 Å². The van der Waals surface area contributed by atoms with Crippen LogP contribution in [0.3, 0.4) is 0 Å². The molecule has 0 fully saturated rings. The lowest BCUT2D eigenvalue weighted by Gasteiger charge is -2.14. The average molecular weight is 276 g/mol. The Balaban J connectivity index is 2.13. The fourth-order valence-electron chi connectivity index (χ4n) is 2.42. The van der Waals surface area contributed by atoms with Crippen LogP contribution in [-0.4, -0.2) is 25.5 Å². The summed E-state index contributed by atoms with van der Waals surface area (Å²) in [5, 5.41) is 11.9. The number of aryl methyl sites for hydroxylation is 2. The van der Waals surface area contributed by atoms with Crippen LogP contribution in [0.5, 0.6) is 0 Å². The van der Waals surface area contributed by atoms with Gasteiger partial charge in [-0.1, -0.05) is 0 Å². The first-order valence-corrected chi connectivity index (χ1v) is 6.46. The summed E-state index contributed by atoms with van der Waals surface area (Å²) in [4.78, 5) is 10.8. The number of carbonyl (C=O) groups is 1. The van der Waals surface area contributed by atoms with E-state index in [1.165, 1.54) is 10.2 Å². The van der Waals surface area contributed by atoms with E-state index in [-0.39, 0.29) is 12.6 Å². The first-order chi connectivity index (χ1) is 9.38. The summed E-state index contributed by atoms with van der Waals surface area (Å²) >= 11 is 0. The number of carbonyl (C=O) groups excluding carboxylic acids is 1. The standard InChI is InChI=1S/C13H20N6O/c1-8(13-9(2)17-18(4)10(13)3)16-11-5-15-19(6-11)7-12(14)20/h5-6,8,16H,7H2,1-4H3,(H2,14,20). The van der Waals surface area contributed by atoms with E-state index in [4.69, 9.17) is 5.73 Å². The van der Waals surface area contributed by atoms with Crippen molar-refractivity contribution in [1.29, 1.82) is 0 Å². The van der Waals surface area contributed by atoms with Crippen LogP contribution in [0.15, 0.2) is 12.4 Å². The molecule has 0 aliphatic carbocycles. The fourth-order valence-corrected chi connectivity index (χ4v) is 2.42. The van der Waals surface area contributed by atoms with Crippen molar-refractivity contribution < 1.29 is 4.79 Å². The molecule has 2 heterocycles. The summed E-state index contributed by atoms with van der Waals surface area (Å²) in [6.45, 7) is 6.20. The number of nitrogens with zero attached hydrogens (tertiary/aromatic N) is 4. The van der Waals surface area contributed by atoms with Crippen molar-refractivity contribution in [3.05, 3.63) is 29.3 Å². The molecule has 2 aromatic heterocycles. The van der Waals surface area contributed by atoms with E-state index in [2.05, 4.69) is 22.4 Å². The lowest BCUT2D eigenvalue weighted by molar-refractivity contribution is -0.118. The predicted molar refractivity (Wildman–Crippen MR) is 76.1 cm³/mol. The van der Waals surface area contributed by atoms with Crippen LogP contribution < -0.4 is 11.1 Å². The van der Waals surface area contributed by atoms with Gasteiger partial charge in [-0.25, -0.2) is 0 Å². The zero-order valence-corrected chi connectivity index (χ0v) is 12.2. The van der Waals surface area contributed by atoms with Gasteiger partial charge in [0.2, 0.25) is 5.91 Å². The number of hydrogen-bond acceptors (Lipinski definition) is 4. The largest absolute Gasteiger partial charge is 0.376 e. The Morgan fingerprint density at radius 1 is 1.50 bits per heavy atom. The second-order valence-electron chi connectivity index (χ2n) is 4.97. The molecule has 7 nitrogen and oxygen atoms in total. The minimum Gasteiger partial charge on any atom is -0.376 e. The number of amides is 1. The second-order valence-corrected chi connectivity index (χ2v) is 4.97. The molecule has 2 aromatic rings. The molecule has 0 radical (unpaired) electrons. The number of hydrogen-bond donors (Lipinski definition) is 2. The average Bonchev–Trinajstić information content (AvgIpc) is 2.84. The van der Waals surface area contributed by atoms with Crippen LogP contribution in [0.25, 0.3) is 0 Å². The van der Waals surface area contributed by atoms with Gasteiger partial charge in [0.15, 0.2) is 0 Å². The zero-order valence-electron chi connectivity index (χ0n) is 12.2. The summed E-state index contributed by atoms with van der Waals surface area (Å²) in [5.41, 5.74) is 9.30. The van der Waals surface area contributed by atoms with Crippen LogP contribution in [0.2, 0.25) is 0 Å². The van der Waals surface area contributed by atoms with Gasteiger partial charge in [-0.05, 0) is 20.8 Å². The first-order valence-electron chi connectivity index (χ1n) is 6.46. The molecule has 0 aromatic carbocycles. The lowest BCUT2D eigenvalue weighted by Crippen LogP contribution is -2.18. The highest BCUT2D eigenvalue weighted by atomic mass is 16.1. The SMILES string of the molecule is Cc1nn(C)c(C)c1C(C)Nc1cnn(CC(N)=O)c1. The Hall–Kier alpha value is -2.31. The maximum absolute atomic E-state index is 10.8. The molecule has 0 aliphatic rings. The van der Waals surface area contributed by atoms with Gasteiger partial charge in [-0.15, -0.1) is 0 Å². The van der Waals surface area contributed by atoms with Gasteiger partial charge >= 0.3 is 0 Å². The zero-order chi connectivity index (χ0) is 14.9. The monoisotopic (exact) mass is 276 g/mol. The van der Waals surface area contributed by atoms with Crippen LogP contribution in [-0.2, 0) is 18.4 Å². The fraction of sp³-hybridized carbons (Fsp3) is 0.462. The molecule has 0 aliphatic heterocycles. The minimum atomic E-state index is -0.411. The summed E-state index contributed by atoms with van der Waals surface area (Å²) in [5.74, 6) is -0.411. The van der Waals surface area contributed by atoms with Crippen LogP contribution in [0.1, 0.15) is 29.9 Å². The number of aromatic nitrogens is 4. The summed E-state index contributed by atoms with van der Waals surface area (Å²) in [7, 11) is 1.93. The van der Waals surface area contributed by atoms with Crippen molar-refractivity contribution in [1.82, 2.24) is 19.6 Å². The number of primary amides is 1. The number of anilines is 1. The van der Waals surface area contributed by atoms with E-state index in [0.717, 1.165) is 17.1 Å². The maximum Gasteiger partial charge on any atom is 0.239 e. The van der Waals surface area contributed by atoms with Crippen LogP contribution in [0.4, 0.5) is 5.69 Å². The summed E-state index contributed by atoms with van der Waals surface area (Å²) in [6, 6.07) is 0.106. The third-order valence-electron chi connectivity index (χ3n) is 3.33. The minimum absolute atomic E-state index is 0.0843. The number of rotatable bonds is 5. The maximum atomic E-state index is 10.8. The van der Waals surface area contributed by atoms with Gasteiger partial charge in [0.25, 0.3) is 0 Å². The molecule has 1 amide bonds. The normalized spacial score (nSPS) is 12.4. The molecule has 1 atom stereocenters. The Kier molecular flexibility index (Phi) is 3.78. The van der Waals surface area contributed by atoms with E-state index < -0.39 is 5.91 Å². The van der Waals surface area contributed by atoms with Gasteiger partial charge in [-0.2, -0.15) is 10.2 Å². The Bertz CT molecular complexity index is 627. The van der Waals surface area contributed by atoms with Crippen molar-refractivity contribution >= 4 is 11.6 Å². The predicted octanol–water partition coefficient (Wildman–Crippen LogP) is 0.892. The lowest BCUT2D eigenvalue weighted by atomic mass is 10.1. The molecule has 20 heavy (non-hydrogen) atoms. The second kappa shape index (κ2) is 5.36. The van der Waals surface area contributed by atoms with Crippen molar-refractivity contribution in [3.8, 4) is 0 Å². The molecule has 0 spiro atoms. The third-order valence-corrected chi connectivity index (χ3v) is 3.33. The molecular formula is C13H20N6O. The highest BCUT2D eigenvalue weighted by Crippen LogP contribution is 2.24. The number of nitrogens with one attached hydrogen (secondary N) is 1. The topological polar surface area (TPSA) is 90.8 Å². The van der Waals surface area contributed by atoms with Gasteiger partial charge in [0.1, 0.15) is 6.54 Å². The van der Waals surface area contributed by atoms with Gasteiger partial charge in [0, 0.05) is 24.5 Å². The van der Waals surface area contributed by atoms with Crippen molar-refractivity contribution in [2.24, 2.45) is 12.8 Å². The molecule has 1 unspecified atom stereocenters. The third kappa shape index (κ3) is 2.81. The molecule has 108 valence electrons. The molecular weight excluding hydrogens is 256 g/mol. The molecule has 7 heteroatoms. The van der Waals surface area contributed by atoms with Gasteiger partial charge in [0.05, 0.1) is 23.6 Å². The Morgan fingerprint density at radius 3 is 2.75 bits per heavy atom. The van der Waals surface area contributed by atoms with Crippen LogP contribution in [0, 0.1) is 13.8 Å². The Labute approximate surface area is 117 Å². The van der Waals surface area contributed by atoms with Crippen LogP contribution >= 0.6 is 0 Å². The molecule has 0 saturated heterocycles. The first kappa shape index (κ1) is 14.1. The number of nitrogens with two attached hydrogens (primary N) is 1. The van der Waals surface area contributed by atoms with Crippen molar-refractivity contribution in [2.45, 2.75) is 33.4 Å². The molecule has 0 saturated carbocycles. The summed E-state index contributed by atoms with van der Waals surface area (Å²) < 4.78 is 3.39. The Morgan fingerprint density at radius 2 is 2.20 bits per heavy atom. The van der Waals surface area contributed by atoms with E-state index in [1.807, 2.05) is 25.6 Å². The van der Waals surface area contributed by atoms with E-state index in [9.17, 15) is 4.79 Å². The van der Waals surface area contributed by atoms with Gasteiger partial charge < -0.3 is 11.1 Å². The van der Waals surface area contributed by atoms with Crippen molar-refractivity contribution in [2.75, 3.05) is 5.32 Å². The quantitative estimate of drug-likeness (QED) is 0.848. The van der Waals surface area contributed by atoms with E-state index in [1.54, 1.807) is 12.4 Å². The van der Waals surface area contributed by atoms with E-state index >= 15 is 0 Å². The highest BCUT2D eigenvalue weighted by molar-refractivity contribution is 5.73. The smallest absolute Gasteiger partial charge is 0.239 e. The molecule has 2 rings (SSSR count). The summed E-state index contributed by atoms with van der Waals surface area (Å²) in [6.07, 6.45) is 3.45. The molecule has 0 bridgehead atoms. The van der Waals surface area contributed by atoms with Gasteiger partial charge in [-0.3, -0.25) is 14.2 Å². The highest BCUT2D eigenvalue weighted by Gasteiger charge is 2.16. The molecule has 3 N–H and O–H groups in total. The van der Waals surface area contributed by atoms with Crippen molar-refractivity contribution in [3.63, 3.8) is 0 Å².